The minimum atomic E-state index is 0.440. The van der Waals surface area contributed by atoms with Crippen LogP contribution in [0.1, 0.15) is 30.9 Å². The molecule has 0 fully saturated rings. The highest BCUT2D eigenvalue weighted by molar-refractivity contribution is 7.80. The molecule has 0 bridgehead atoms. The minimum Gasteiger partial charge on any atom is -0.331 e. The monoisotopic (exact) mass is 331 g/mol. The Labute approximate surface area is 141 Å². The predicted molar refractivity (Wildman–Crippen MR) is 98.9 cm³/mol. The van der Waals surface area contributed by atoms with Crippen LogP contribution >= 0.6 is 23.8 Å². The lowest BCUT2D eigenvalue weighted by Gasteiger charge is -2.09. The molecular formula is C17H18ClN3S. The topological polar surface area (TPSA) is 36.4 Å². The molecule has 0 aromatic heterocycles. The van der Waals surface area contributed by atoms with Crippen LogP contribution in [-0.2, 0) is 0 Å². The Bertz CT molecular complexity index is 666. The second kappa shape index (κ2) is 7.92. The molecule has 0 aliphatic heterocycles. The zero-order chi connectivity index (χ0) is 15.9. The summed E-state index contributed by atoms with van der Waals surface area (Å²) in [6.45, 7) is 4.33. The number of nitrogens with zero attached hydrogens (tertiary/aromatic N) is 1. The van der Waals surface area contributed by atoms with Gasteiger partial charge in [-0.1, -0.05) is 49.7 Å². The van der Waals surface area contributed by atoms with Crippen molar-refractivity contribution in [3.05, 3.63) is 64.7 Å². The van der Waals surface area contributed by atoms with Gasteiger partial charge in [-0.3, -0.25) is 5.43 Å². The fourth-order valence-electron chi connectivity index (χ4n) is 1.86. The maximum atomic E-state index is 5.91. The molecule has 0 saturated carbocycles. The van der Waals surface area contributed by atoms with E-state index in [9.17, 15) is 0 Å². The quantitative estimate of drug-likeness (QED) is 0.480. The van der Waals surface area contributed by atoms with E-state index in [1.807, 2.05) is 36.4 Å². The fourth-order valence-corrected chi connectivity index (χ4v) is 2.23. The number of anilines is 1. The van der Waals surface area contributed by atoms with Gasteiger partial charge in [0.15, 0.2) is 5.11 Å². The number of thiocarbonyl (C=S) groups is 1. The summed E-state index contributed by atoms with van der Waals surface area (Å²) in [7, 11) is 0. The van der Waals surface area contributed by atoms with Gasteiger partial charge >= 0.3 is 0 Å². The fraction of sp³-hybridized carbons (Fsp3) is 0.176. The highest BCUT2D eigenvalue weighted by atomic mass is 35.5. The average molecular weight is 332 g/mol. The number of benzene rings is 2. The second-order valence-corrected chi connectivity index (χ2v) is 6.00. The maximum absolute atomic E-state index is 5.91. The van der Waals surface area contributed by atoms with Gasteiger partial charge in [-0.25, -0.2) is 0 Å². The number of halogens is 1. The Morgan fingerprint density at radius 3 is 2.55 bits per heavy atom. The molecule has 22 heavy (non-hydrogen) atoms. The first-order valence-corrected chi connectivity index (χ1v) is 7.79. The standard InChI is InChI=1S/C17H18ClN3S/c1-12(2)14-6-8-16(9-7-14)20-17(22)21-19-11-13-4-3-5-15(18)10-13/h3-12H,1-2H3,(H2,20,21,22)/b19-11-. The normalized spacial score (nSPS) is 10.9. The Hall–Kier alpha value is -1.91. The van der Waals surface area contributed by atoms with Crippen molar-refractivity contribution in [3.8, 4) is 0 Å². The first-order chi connectivity index (χ1) is 10.5. The molecule has 2 N–H and O–H groups in total. The summed E-state index contributed by atoms with van der Waals surface area (Å²) in [5.74, 6) is 0.515. The van der Waals surface area contributed by atoms with Gasteiger partial charge in [0, 0.05) is 10.7 Å². The van der Waals surface area contributed by atoms with E-state index in [1.54, 1.807) is 6.21 Å². The van der Waals surface area contributed by atoms with E-state index in [2.05, 4.69) is 41.8 Å². The van der Waals surface area contributed by atoms with Crippen LogP contribution in [0, 0.1) is 0 Å². The lowest BCUT2D eigenvalue weighted by Crippen LogP contribution is -2.23. The largest absolute Gasteiger partial charge is 0.331 e. The van der Waals surface area contributed by atoms with Crippen LogP contribution in [0.3, 0.4) is 0 Å². The molecule has 3 nitrogen and oxygen atoms in total. The van der Waals surface area contributed by atoms with Gasteiger partial charge in [0.25, 0.3) is 0 Å². The molecule has 5 heteroatoms. The number of hydrogen-bond donors (Lipinski definition) is 2. The summed E-state index contributed by atoms with van der Waals surface area (Å²) in [6, 6.07) is 15.6. The molecular weight excluding hydrogens is 314 g/mol. The first kappa shape index (κ1) is 16.5. The molecule has 0 atom stereocenters. The Morgan fingerprint density at radius 1 is 1.18 bits per heavy atom. The van der Waals surface area contributed by atoms with Crippen LogP contribution in [0.4, 0.5) is 5.69 Å². The molecule has 0 radical (unpaired) electrons. The van der Waals surface area contributed by atoms with Gasteiger partial charge < -0.3 is 5.32 Å². The Kier molecular flexibility index (Phi) is 5.92. The summed E-state index contributed by atoms with van der Waals surface area (Å²) >= 11 is 11.1. The van der Waals surface area contributed by atoms with Crippen molar-refractivity contribution in [2.75, 3.05) is 5.32 Å². The van der Waals surface area contributed by atoms with Crippen LogP contribution in [0.5, 0.6) is 0 Å². The molecule has 0 amide bonds. The molecule has 2 aromatic carbocycles. The van der Waals surface area contributed by atoms with Crippen molar-refractivity contribution in [2.45, 2.75) is 19.8 Å². The molecule has 0 heterocycles. The van der Waals surface area contributed by atoms with E-state index in [0.29, 0.717) is 16.1 Å². The summed E-state index contributed by atoms with van der Waals surface area (Å²) in [6.07, 6.45) is 1.67. The van der Waals surface area contributed by atoms with Crippen molar-refractivity contribution in [2.24, 2.45) is 5.10 Å². The van der Waals surface area contributed by atoms with E-state index < -0.39 is 0 Å². The van der Waals surface area contributed by atoms with Crippen molar-refractivity contribution in [1.82, 2.24) is 5.43 Å². The van der Waals surface area contributed by atoms with Crippen LogP contribution in [0.15, 0.2) is 53.6 Å². The van der Waals surface area contributed by atoms with Gasteiger partial charge in [-0.05, 0) is 53.5 Å². The highest BCUT2D eigenvalue weighted by Gasteiger charge is 2.00. The van der Waals surface area contributed by atoms with E-state index in [4.69, 9.17) is 23.8 Å². The minimum absolute atomic E-state index is 0.440. The first-order valence-electron chi connectivity index (χ1n) is 7.00. The highest BCUT2D eigenvalue weighted by Crippen LogP contribution is 2.17. The van der Waals surface area contributed by atoms with E-state index in [0.717, 1.165) is 11.3 Å². The van der Waals surface area contributed by atoms with E-state index >= 15 is 0 Å². The second-order valence-electron chi connectivity index (χ2n) is 5.16. The predicted octanol–water partition coefficient (Wildman–Crippen LogP) is 4.78. The van der Waals surface area contributed by atoms with Crippen LogP contribution < -0.4 is 10.7 Å². The van der Waals surface area contributed by atoms with Gasteiger partial charge in [0.2, 0.25) is 0 Å². The third-order valence-corrected chi connectivity index (χ3v) is 3.49. The summed E-state index contributed by atoms with van der Waals surface area (Å²) in [5.41, 5.74) is 5.91. The maximum Gasteiger partial charge on any atom is 0.191 e. The van der Waals surface area contributed by atoms with Gasteiger partial charge in [-0.2, -0.15) is 5.10 Å². The molecule has 114 valence electrons. The van der Waals surface area contributed by atoms with Gasteiger partial charge in [0.1, 0.15) is 0 Å². The number of hydrogen-bond acceptors (Lipinski definition) is 2. The SMILES string of the molecule is CC(C)c1ccc(NC(=S)N/N=C\c2cccc(Cl)c2)cc1. The summed E-state index contributed by atoms with van der Waals surface area (Å²) in [5, 5.41) is 8.29. The third-order valence-electron chi connectivity index (χ3n) is 3.06. The molecule has 2 aromatic rings. The molecule has 0 aliphatic carbocycles. The summed E-state index contributed by atoms with van der Waals surface area (Å²) in [4.78, 5) is 0. The molecule has 0 unspecified atom stereocenters. The third kappa shape index (κ3) is 5.13. The zero-order valence-electron chi connectivity index (χ0n) is 12.5. The molecule has 2 rings (SSSR count). The Morgan fingerprint density at radius 2 is 1.91 bits per heavy atom. The molecule has 0 spiro atoms. The van der Waals surface area contributed by atoms with Crippen molar-refractivity contribution in [3.63, 3.8) is 0 Å². The Balaban J connectivity index is 1.87. The lowest BCUT2D eigenvalue weighted by atomic mass is 10.0. The van der Waals surface area contributed by atoms with E-state index in [-0.39, 0.29) is 0 Å². The number of nitrogens with one attached hydrogen (secondary N) is 2. The van der Waals surface area contributed by atoms with Gasteiger partial charge in [-0.15, -0.1) is 0 Å². The van der Waals surface area contributed by atoms with Crippen LogP contribution in [0.25, 0.3) is 0 Å². The lowest BCUT2D eigenvalue weighted by molar-refractivity contribution is 0.867. The van der Waals surface area contributed by atoms with Gasteiger partial charge in [0.05, 0.1) is 6.21 Å². The number of hydrazone groups is 1. The van der Waals surface area contributed by atoms with Crippen molar-refractivity contribution in [1.29, 1.82) is 0 Å². The van der Waals surface area contributed by atoms with Crippen LogP contribution in [0.2, 0.25) is 5.02 Å². The van der Waals surface area contributed by atoms with E-state index in [1.165, 1.54) is 5.56 Å². The number of rotatable bonds is 4. The molecule has 0 aliphatic rings. The van der Waals surface area contributed by atoms with Crippen LogP contribution in [-0.4, -0.2) is 11.3 Å². The zero-order valence-corrected chi connectivity index (χ0v) is 14.1. The van der Waals surface area contributed by atoms with Crippen molar-refractivity contribution >= 4 is 40.8 Å². The average Bonchev–Trinajstić information content (AvgIpc) is 2.48. The van der Waals surface area contributed by atoms with Crippen molar-refractivity contribution < 1.29 is 0 Å². The molecule has 0 saturated heterocycles. The summed E-state index contributed by atoms with van der Waals surface area (Å²) < 4.78 is 0. The smallest absolute Gasteiger partial charge is 0.191 e.